The normalized spacial score (nSPS) is 22.3. The molecule has 0 radical (unpaired) electrons. The summed E-state index contributed by atoms with van der Waals surface area (Å²) in [5.41, 5.74) is 1.63. The van der Waals surface area contributed by atoms with E-state index in [0.717, 1.165) is 15.6 Å². The number of fused-ring (bicyclic) bond motifs is 3. The summed E-state index contributed by atoms with van der Waals surface area (Å²) in [6, 6.07) is 24.3. The van der Waals surface area contributed by atoms with Crippen LogP contribution in [0.1, 0.15) is 36.0 Å². The van der Waals surface area contributed by atoms with Gasteiger partial charge in [-0.05, 0) is 30.2 Å². The van der Waals surface area contributed by atoms with Gasteiger partial charge in [-0.25, -0.2) is 4.79 Å². The summed E-state index contributed by atoms with van der Waals surface area (Å²) in [5, 5.41) is 0. The molecule has 0 spiro atoms. The monoisotopic (exact) mass is 474 g/mol. The minimum atomic E-state index is -1.05. The van der Waals surface area contributed by atoms with Gasteiger partial charge in [0.1, 0.15) is 16.9 Å². The molecule has 5 rings (SSSR count). The Kier molecular flexibility index (Phi) is 4.78. The maximum atomic E-state index is 13.8. The van der Waals surface area contributed by atoms with Crippen molar-refractivity contribution in [3.8, 4) is 5.75 Å². The number of carbonyl (C=O) groups excluding carboxylic acids is 2. The van der Waals surface area contributed by atoms with Gasteiger partial charge in [-0.15, -0.1) is 0 Å². The van der Waals surface area contributed by atoms with Crippen LogP contribution >= 0.6 is 15.9 Å². The lowest BCUT2D eigenvalue weighted by atomic mass is 9.61. The van der Waals surface area contributed by atoms with E-state index in [4.69, 9.17) is 9.47 Å². The average molecular weight is 475 g/mol. The molecule has 0 saturated carbocycles. The minimum absolute atomic E-state index is 0.274. The van der Waals surface area contributed by atoms with Crippen LogP contribution in [0.4, 0.5) is 0 Å². The Balaban J connectivity index is 1.85. The number of hydrogen-bond donors (Lipinski definition) is 0. The fraction of sp³-hybridized carbons (Fsp3) is 0.154. The number of esters is 2. The lowest BCUT2D eigenvalue weighted by Gasteiger charge is -2.45. The Morgan fingerprint density at radius 2 is 1.55 bits per heavy atom. The van der Waals surface area contributed by atoms with Crippen molar-refractivity contribution < 1.29 is 19.1 Å². The van der Waals surface area contributed by atoms with Crippen molar-refractivity contribution in [3.63, 3.8) is 0 Å². The Labute approximate surface area is 188 Å². The highest BCUT2D eigenvalue weighted by Gasteiger charge is 2.57. The maximum Gasteiger partial charge on any atom is 0.343 e. The van der Waals surface area contributed by atoms with Gasteiger partial charge in [0.15, 0.2) is 0 Å². The van der Waals surface area contributed by atoms with Crippen molar-refractivity contribution in [3.05, 3.63) is 106 Å². The van der Waals surface area contributed by atoms with Crippen molar-refractivity contribution >= 4 is 33.6 Å². The van der Waals surface area contributed by atoms with Crippen LogP contribution in [-0.2, 0) is 19.7 Å². The Morgan fingerprint density at radius 1 is 0.871 bits per heavy atom. The average Bonchev–Trinajstić information content (AvgIpc) is 2.80. The number of cyclic esters (lactones) is 1. The molecule has 3 aromatic carbocycles. The first-order valence-electron chi connectivity index (χ1n) is 10.1. The fourth-order valence-electron chi connectivity index (χ4n) is 4.72. The summed E-state index contributed by atoms with van der Waals surface area (Å²) in [5.74, 6) is -0.610. The van der Waals surface area contributed by atoms with Crippen molar-refractivity contribution in [2.75, 3.05) is 0 Å². The van der Waals surface area contributed by atoms with E-state index in [2.05, 4.69) is 15.9 Å². The van der Waals surface area contributed by atoms with Crippen molar-refractivity contribution in [2.24, 2.45) is 0 Å². The topological polar surface area (TPSA) is 52.6 Å². The predicted octanol–water partition coefficient (Wildman–Crippen LogP) is 5.77. The van der Waals surface area contributed by atoms with E-state index in [9.17, 15) is 9.59 Å². The second-order valence-corrected chi connectivity index (χ2v) is 8.61. The van der Waals surface area contributed by atoms with Crippen molar-refractivity contribution in [2.45, 2.75) is 24.7 Å². The predicted molar refractivity (Wildman–Crippen MR) is 120 cm³/mol. The lowest BCUT2D eigenvalue weighted by Crippen LogP contribution is -2.49. The van der Waals surface area contributed by atoms with Crippen LogP contribution in [0.15, 0.2) is 88.9 Å². The molecular weight excluding hydrogens is 456 g/mol. The first-order chi connectivity index (χ1) is 15.1. The highest BCUT2D eigenvalue weighted by atomic mass is 79.9. The van der Waals surface area contributed by atoms with Crippen LogP contribution in [-0.4, -0.2) is 11.9 Å². The number of carbonyl (C=O) groups is 2. The molecule has 31 heavy (non-hydrogen) atoms. The van der Waals surface area contributed by atoms with Gasteiger partial charge in [0.25, 0.3) is 0 Å². The van der Waals surface area contributed by atoms with E-state index in [1.807, 2.05) is 79.7 Å². The highest BCUT2D eigenvalue weighted by molar-refractivity contribution is 9.10. The van der Waals surface area contributed by atoms with Gasteiger partial charge in [-0.1, -0.05) is 83.5 Å². The summed E-state index contributed by atoms with van der Waals surface area (Å²) in [4.78, 5) is 27.1. The fourth-order valence-corrected chi connectivity index (χ4v) is 4.99. The van der Waals surface area contributed by atoms with Gasteiger partial charge in [0.2, 0.25) is 0 Å². The first-order valence-corrected chi connectivity index (χ1v) is 10.9. The van der Waals surface area contributed by atoms with Gasteiger partial charge in [-0.2, -0.15) is 0 Å². The van der Waals surface area contributed by atoms with E-state index in [1.165, 1.54) is 0 Å². The summed E-state index contributed by atoms with van der Waals surface area (Å²) in [6.45, 7) is 1.96. The maximum absolute atomic E-state index is 13.8. The zero-order valence-corrected chi connectivity index (χ0v) is 18.4. The number of benzene rings is 3. The van der Waals surface area contributed by atoms with Gasteiger partial charge < -0.3 is 9.47 Å². The molecular formula is C26H19BrO4. The third kappa shape index (κ3) is 2.95. The first kappa shape index (κ1) is 19.8. The Hall–Kier alpha value is -3.18. The molecule has 0 aliphatic carbocycles. The molecule has 2 aliphatic rings. The molecule has 0 fully saturated rings. The molecule has 5 heteroatoms. The summed E-state index contributed by atoms with van der Waals surface area (Å²) < 4.78 is 12.5. The molecule has 4 nitrogen and oxygen atoms in total. The molecule has 0 N–H and O–H groups in total. The number of rotatable bonds is 3. The molecule has 0 unspecified atom stereocenters. The Bertz CT molecular complexity index is 1210. The van der Waals surface area contributed by atoms with Gasteiger partial charge in [0.05, 0.1) is 5.57 Å². The summed E-state index contributed by atoms with van der Waals surface area (Å²) >= 11 is 3.47. The van der Waals surface area contributed by atoms with Crippen LogP contribution in [0.5, 0.6) is 5.75 Å². The van der Waals surface area contributed by atoms with E-state index in [-0.39, 0.29) is 11.7 Å². The molecule has 0 saturated heterocycles. The molecule has 2 heterocycles. The van der Waals surface area contributed by atoms with Crippen LogP contribution < -0.4 is 4.74 Å². The molecule has 0 aromatic heterocycles. The zero-order chi connectivity index (χ0) is 21.6. The second-order valence-electron chi connectivity index (χ2n) is 7.69. The standard InChI is InChI=1S/C26H19BrO4/c1-2-26(17-12-14-18(27)15-13-17)22-19-10-6-7-11-20(19)30-24(28)21(22)23(31-25(26)29)16-8-4-3-5-9-16/h3-15,22H,2H2,1H3/t22-,26-/m1/s1. The van der Waals surface area contributed by atoms with E-state index in [0.29, 0.717) is 23.3 Å². The van der Waals surface area contributed by atoms with Crippen LogP contribution in [0.25, 0.3) is 5.76 Å². The third-order valence-electron chi connectivity index (χ3n) is 6.19. The second kappa shape index (κ2) is 7.50. The van der Waals surface area contributed by atoms with E-state index in [1.54, 1.807) is 6.07 Å². The van der Waals surface area contributed by atoms with Gasteiger partial charge in [0, 0.05) is 21.5 Å². The number of hydrogen-bond acceptors (Lipinski definition) is 4. The molecule has 3 aromatic rings. The summed E-state index contributed by atoms with van der Waals surface area (Å²) in [6.07, 6.45) is 0.464. The smallest absolute Gasteiger partial charge is 0.343 e. The molecule has 0 bridgehead atoms. The Morgan fingerprint density at radius 3 is 2.26 bits per heavy atom. The molecule has 2 atom stereocenters. The van der Waals surface area contributed by atoms with E-state index < -0.39 is 17.3 Å². The third-order valence-corrected chi connectivity index (χ3v) is 6.72. The molecule has 0 amide bonds. The molecule has 154 valence electrons. The number of halogens is 1. The molecule has 2 aliphatic heterocycles. The van der Waals surface area contributed by atoms with E-state index >= 15 is 0 Å². The highest BCUT2D eigenvalue weighted by Crippen LogP contribution is 2.56. The minimum Gasteiger partial charge on any atom is -0.425 e. The zero-order valence-electron chi connectivity index (χ0n) is 16.8. The SMILES string of the molecule is CC[C@]1(c2ccc(Br)cc2)C(=O)OC(c2ccccc2)=C2C(=O)Oc3ccccc3[C@H]21. The van der Waals surface area contributed by atoms with Crippen LogP contribution in [0.3, 0.4) is 0 Å². The van der Waals surface area contributed by atoms with Crippen LogP contribution in [0.2, 0.25) is 0 Å². The summed E-state index contributed by atoms with van der Waals surface area (Å²) in [7, 11) is 0. The number of ether oxygens (including phenoxy) is 2. The largest absolute Gasteiger partial charge is 0.425 e. The number of para-hydroxylation sites is 1. The van der Waals surface area contributed by atoms with Gasteiger partial charge >= 0.3 is 11.9 Å². The van der Waals surface area contributed by atoms with Crippen LogP contribution in [0, 0.1) is 0 Å². The van der Waals surface area contributed by atoms with Gasteiger partial charge in [-0.3, -0.25) is 4.79 Å². The van der Waals surface area contributed by atoms with Crippen molar-refractivity contribution in [1.29, 1.82) is 0 Å². The quantitative estimate of drug-likeness (QED) is 0.357. The lowest BCUT2D eigenvalue weighted by molar-refractivity contribution is -0.147. The van der Waals surface area contributed by atoms with Crippen molar-refractivity contribution in [1.82, 2.24) is 0 Å².